The molecule has 0 aromatic heterocycles. The van der Waals surface area contributed by atoms with Crippen molar-refractivity contribution in [1.82, 2.24) is 10.2 Å². The van der Waals surface area contributed by atoms with Crippen molar-refractivity contribution >= 4 is 17.6 Å². The molecule has 1 fully saturated rings. The minimum absolute atomic E-state index is 0.0299. The fourth-order valence-electron chi connectivity index (χ4n) is 2.98. The number of amides is 1. The first kappa shape index (κ1) is 19.8. The first-order chi connectivity index (χ1) is 12.5. The minimum Gasteiger partial charge on any atom is -0.466 e. The van der Waals surface area contributed by atoms with Gasteiger partial charge in [0.15, 0.2) is 0 Å². The number of hydrogen-bond acceptors (Lipinski definition) is 6. The van der Waals surface area contributed by atoms with Crippen molar-refractivity contribution in [3.8, 4) is 0 Å². The molecule has 0 unspecified atom stereocenters. The van der Waals surface area contributed by atoms with Crippen molar-refractivity contribution in [3.63, 3.8) is 0 Å². The Morgan fingerprint density at radius 1 is 1.27 bits per heavy atom. The Labute approximate surface area is 152 Å². The van der Waals surface area contributed by atoms with Crippen LogP contribution in [0.3, 0.4) is 0 Å². The number of esters is 1. The topological polar surface area (TPSA) is 102 Å². The van der Waals surface area contributed by atoms with Crippen LogP contribution in [0.25, 0.3) is 0 Å². The number of non-ortho nitro benzene ring substituents is 1. The van der Waals surface area contributed by atoms with Gasteiger partial charge >= 0.3 is 5.97 Å². The van der Waals surface area contributed by atoms with Gasteiger partial charge in [-0.1, -0.05) is 0 Å². The van der Waals surface area contributed by atoms with E-state index in [0.717, 1.165) is 38.9 Å². The van der Waals surface area contributed by atoms with Gasteiger partial charge in [-0.2, -0.15) is 0 Å². The molecule has 0 atom stereocenters. The van der Waals surface area contributed by atoms with E-state index in [-0.39, 0.29) is 23.6 Å². The lowest BCUT2D eigenvalue weighted by Gasteiger charge is -2.32. The van der Waals surface area contributed by atoms with Crippen LogP contribution in [0.15, 0.2) is 24.3 Å². The summed E-state index contributed by atoms with van der Waals surface area (Å²) in [4.78, 5) is 36.0. The predicted molar refractivity (Wildman–Crippen MR) is 95.9 cm³/mol. The summed E-state index contributed by atoms with van der Waals surface area (Å²) in [5.74, 6) is -0.363. The van der Waals surface area contributed by atoms with E-state index in [0.29, 0.717) is 18.6 Å². The number of nitro benzene ring substituents is 1. The molecular weight excluding hydrogens is 338 g/mol. The number of nitrogens with one attached hydrogen (secondary N) is 1. The maximum absolute atomic E-state index is 12.2. The summed E-state index contributed by atoms with van der Waals surface area (Å²) in [6.07, 6.45) is 2.90. The Kier molecular flexibility index (Phi) is 7.53. The van der Waals surface area contributed by atoms with Crippen molar-refractivity contribution < 1.29 is 19.2 Å². The SMILES string of the molecule is CCOC(=O)CCCN1CCC(NC(=O)c2ccc([N+](=O)[O-])cc2)CC1. The van der Waals surface area contributed by atoms with E-state index < -0.39 is 4.92 Å². The Hall–Kier alpha value is -2.48. The van der Waals surface area contributed by atoms with E-state index in [1.54, 1.807) is 6.92 Å². The maximum atomic E-state index is 12.2. The van der Waals surface area contributed by atoms with Crippen LogP contribution in [0.2, 0.25) is 0 Å². The summed E-state index contributed by atoms with van der Waals surface area (Å²) in [5, 5.41) is 13.6. The summed E-state index contributed by atoms with van der Waals surface area (Å²) >= 11 is 0. The molecule has 2 rings (SSSR count). The van der Waals surface area contributed by atoms with E-state index in [9.17, 15) is 19.7 Å². The molecule has 1 heterocycles. The van der Waals surface area contributed by atoms with Gasteiger partial charge in [-0.25, -0.2) is 0 Å². The Bertz CT molecular complexity index is 624. The van der Waals surface area contributed by atoms with Crippen molar-refractivity contribution in [1.29, 1.82) is 0 Å². The van der Waals surface area contributed by atoms with Gasteiger partial charge in [-0.05, 0) is 44.9 Å². The van der Waals surface area contributed by atoms with Gasteiger partial charge in [-0.15, -0.1) is 0 Å². The highest BCUT2D eigenvalue weighted by Crippen LogP contribution is 2.14. The molecule has 0 radical (unpaired) electrons. The summed E-state index contributed by atoms with van der Waals surface area (Å²) in [7, 11) is 0. The van der Waals surface area contributed by atoms with Gasteiger partial charge in [0.2, 0.25) is 0 Å². The predicted octanol–water partition coefficient (Wildman–Crippen LogP) is 2.13. The average Bonchev–Trinajstić information content (AvgIpc) is 2.63. The normalized spacial score (nSPS) is 15.4. The second kappa shape index (κ2) is 9.86. The number of ether oxygens (including phenoxy) is 1. The molecule has 0 aliphatic carbocycles. The number of carbonyl (C=O) groups excluding carboxylic acids is 2. The first-order valence-electron chi connectivity index (χ1n) is 8.93. The molecule has 1 aromatic rings. The molecule has 142 valence electrons. The largest absolute Gasteiger partial charge is 0.466 e. The second-order valence-electron chi connectivity index (χ2n) is 6.30. The molecule has 1 aromatic carbocycles. The van der Waals surface area contributed by atoms with E-state index in [4.69, 9.17) is 4.74 Å². The first-order valence-corrected chi connectivity index (χ1v) is 8.93. The number of piperidine rings is 1. The number of rotatable bonds is 8. The molecule has 1 amide bonds. The van der Waals surface area contributed by atoms with Gasteiger partial charge < -0.3 is 15.0 Å². The van der Waals surface area contributed by atoms with Crippen molar-refractivity contribution in [2.45, 2.75) is 38.6 Å². The number of nitro groups is 1. The van der Waals surface area contributed by atoms with Crippen LogP contribution in [-0.2, 0) is 9.53 Å². The van der Waals surface area contributed by atoms with Crippen molar-refractivity contribution in [2.24, 2.45) is 0 Å². The van der Waals surface area contributed by atoms with E-state index in [1.807, 2.05) is 0 Å². The van der Waals surface area contributed by atoms with Gasteiger partial charge in [-0.3, -0.25) is 19.7 Å². The third-order valence-electron chi connectivity index (χ3n) is 4.42. The van der Waals surface area contributed by atoms with E-state index in [1.165, 1.54) is 24.3 Å². The van der Waals surface area contributed by atoms with Crippen LogP contribution >= 0.6 is 0 Å². The molecule has 26 heavy (non-hydrogen) atoms. The van der Waals surface area contributed by atoms with Crippen LogP contribution in [0, 0.1) is 10.1 Å². The number of nitrogens with zero attached hydrogens (tertiary/aromatic N) is 2. The van der Waals surface area contributed by atoms with Gasteiger partial charge in [0, 0.05) is 43.2 Å². The molecule has 0 saturated carbocycles. The summed E-state index contributed by atoms with van der Waals surface area (Å²) in [6, 6.07) is 5.71. The van der Waals surface area contributed by atoms with Crippen LogP contribution in [0.5, 0.6) is 0 Å². The standard InChI is InChI=1S/C18H25N3O5/c1-2-26-17(22)4-3-11-20-12-9-15(10-13-20)19-18(23)14-5-7-16(8-6-14)21(24)25/h5-8,15H,2-4,9-13H2,1H3,(H,19,23). The summed E-state index contributed by atoms with van der Waals surface area (Å²) in [5.41, 5.74) is 0.394. The van der Waals surface area contributed by atoms with Gasteiger partial charge in [0.05, 0.1) is 11.5 Å². The monoisotopic (exact) mass is 363 g/mol. The molecule has 8 nitrogen and oxygen atoms in total. The molecular formula is C18H25N3O5. The number of likely N-dealkylation sites (tertiary alicyclic amines) is 1. The van der Waals surface area contributed by atoms with Crippen molar-refractivity contribution in [3.05, 3.63) is 39.9 Å². The molecule has 0 bridgehead atoms. The lowest BCUT2D eigenvalue weighted by atomic mass is 10.0. The van der Waals surface area contributed by atoms with Crippen LogP contribution in [-0.4, -0.2) is 54.0 Å². The van der Waals surface area contributed by atoms with Gasteiger partial charge in [0.1, 0.15) is 0 Å². The lowest BCUT2D eigenvalue weighted by molar-refractivity contribution is -0.384. The lowest BCUT2D eigenvalue weighted by Crippen LogP contribution is -2.44. The van der Waals surface area contributed by atoms with E-state index in [2.05, 4.69) is 10.2 Å². The highest BCUT2D eigenvalue weighted by Gasteiger charge is 2.21. The Morgan fingerprint density at radius 2 is 1.92 bits per heavy atom. The minimum atomic E-state index is -0.487. The van der Waals surface area contributed by atoms with Crippen LogP contribution in [0.4, 0.5) is 5.69 Å². The molecule has 0 spiro atoms. The molecule has 1 aliphatic heterocycles. The second-order valence-corrected chi connectivity index (χ2v) is 6.30. The Balaban J connectivity index is 1.70. The third-order valence-corrected chi connectivity index (χ3v) is 4.42. The average molecular weight is 363 g/mol. The zero-order chi connectivity index (χ0) is 18.9. The van der Waals surface area contributed by atoms with Crippen molar-refractivity contribution in [2.75, 3.05) is 26.2 Å². The zero-order valence-electron chi connectivity index (χ0n) is 15.0. The Morgan fingerprint density at radius 3 is 2.50 bits per heavy atom. The molecule has 1 N–H and O–H groups in total. The zero-order valence-corrected chi connectivity index (χ0v) is 15.0. The highest BCUT2D eigenvalue weighted by molar-refractivity contribution is 5.94. The molecule has 1 aliphatic rings. The fourth-order valence-corrected chi connectivity index (χ4v) is 2.98. The van der Waals surface area contributed by atoms with E-state index >= 15 is 0 Å². The molecule has 1 saturated heterocycles. The number of benzene rings is 1. The summed E-state index contributed by atoms with van der Waals surface area (Å²) < 4.78 is 4.91. The van der Waals surface area contributed by atoms with Gasteiger partial charge in [0.25, 0.3) is 11.6 Å². The smallest absolute Gasteiger partial charge is 0.305 e. The quantitative estimate of drug-likeness (QED) is 0.431. The summed E-state index contributed by atoms with van der Waals surface area (Å²) in [6.45, 7) is 4.80. The van der Waals surface area contributed by atoms with Crippen LogP contribution in [0.1, 0.15) is 43.0 Å². The number of hydrogen-bond donors (Lipinski definition) is 1. The third kappa shape index (κ3) is 6.11. The maximum Gasteiger partial charge on any atom is 0.305 e. The fraction of sp³-hybridized carbons (Fsp3) is 0.556. The number of carbonyl (C=O) groups is 2. The van der Waals surface area contributed by atoms with Crippen LogP contribution < -0.4 is 5.32 Å². The molecule has 8 heteroatoms. The highest BCUT2D eigenvalue weighted by atomic mass is 16.6.